The van der Waals surface area contributed by atoms with Crippen LogP contribution in [0.3, 0.4) is 0 Å². The number of carboxylic acids is 1. The third-order valence-electron chi connectivity index (χ3n) is 3.22. The number of carboxylic acid groups (broad SMARTS) is 1. The highest BCUT2D eigenvalue weighted by atomic mass is 16.4. The zero-order valence-electron chi connectivity index (χ0n) is 11.3. The van der Waals surface area contributed by atoms with Crippen molar-refractivity contribution < 1.29 is 14.7 Å². The Labute approximate surface area is 103 Å². The van der Waals surface area contributed by atoms with Crippen molar-refractivity contribution >= 4 is 12.0 Å². The Balaban J connectivity index is 3.98. The Hall–Kier alpha value is -1.26. The summed E-state index contributed by atoms with van der Waals surface area (Å²) in [4.78, 5) is 22.2. The molecule has 5 nitrogen and oxygen atoms in total. The third-order valence-corrected chi connectivity index (χ3v) is 3.22. The second-order valence-corrected chi connectivity index (χ2v) is 4.99. The van der Waals surface area contributed by atoms with Crippen molar-refractivity contribution in [3.8, 4) is 0 Å². The number of hydrogen-bond acceptors (Lipinski definition) is 2. The van der Waals surface area contributed by atoms with Crippen LogP contribution >= 0.6 is 0 Å². The quantitative estimate of drug-likeness (QED) is 0.665. The number of carbonyl (C=O) groups excluding carboxylic acids is 1. The highest BCUT2D eigenvalue weighted by Gasteiger charge is 2.21. The summed E-state index contributed by atoms with van der Waals surface area (Å²) in [6, 6.07) is -0.694. The summed E-state index contributed by atoms with van der Waals surface area (Å²) in [5.41, 5.74) is 0. The summed E-state index contributed by atoms with van der Waals surface area (Å²) in [5.74, 6) is -0.602. The van der Waals surface area contributed by atoms with E-state index in [0.29, 0.717) is 18.4 Å². The van der Waals surface area contributed by atoms with Crippen LogP contribution in [0, 0.1) is 17.8 Å². The molecule has 0 fully saturated rings. The van der Waals surface area contributed by atoms with Crippen LogP contribution in [0.1, 0.15) is 34.6 Å². The second kappa shape index (κ2) is 7.14. The van der Waals surface area contributed by atoms with Crippen LogP contribution < -0.4 is 10.6 Å². The van der Waals surface area contributed by atoms with Gasteiger partial charge < -0.3 is 15.7 Å². The van der Waals surface area contributed by atoms with Gasteiger partial charge in [0.15, 0.2) is 0 Å². The zero-order valence-corrected chi connectivity index (χ0v) is 11.3. The molecule has 0 aromatic heterocycles. The SMILES string of the molecule is CC(C)C(C)CNC(=O)NC(C)C(C)C(=O)O. The number of hydrogen-bond donors (Lipinski definition) is 3. The summed E-state index contributed by atoms with van der Waals surface area (Å²) in [6.07, 6.45) is 0. The molecule has 0 spiro atoms. The highest BCUT2D eigenvalue weighted by Crippen LogP contribution is 2.07. The largest absolute Gasteiger partial charge is 0.481 e. The number of urea groups is 1. The van der Waals surface area contributed by atoms with Crippen molar-refractivity contribution in [2.75, 3.05) is 6.54 Å². The van der Waals surface area contributed by atoms with Crippen molar-refractivity contribution in [2.45, 2.75) is 40.7 Å². The molecule has 3 atom stereocenters. The number of carbonyl (C=O) groups is 2. The first kappa shape index (κ1) is 15.7. The van der Waals surface area contributed by atoms with Crippen molar-refractivity contribution in [3.05, 3.63) is 0 Å². The van der Waals surface area contributed by atoms with Gasteiger partial charge in [0.05, 0.1) is 5.92 Å². The van der Waals surface area contributed by atoms with Crippen LogP contribution in [-0.4, -0.2) is 29.7 Å². The molecule has 0 saturated heterocycles. The van der Waals surface area contributed by atoms with E-state index in [2.05, 4.69) is 31.4 Å². The first-order chi connectivity index (χ1) is 7.75. The molecule has 0 aromatic carbocycles. The molecular formula is C12H24N2O3. The minimum absolute atomic E-state index is 0.307. The minimum Gasteiger partial charge on any atom is -0.481 e. The Morgan fingerprint density at radius 2 is 1.65 bits per heavy atom. The molecule has 3 N–H and O–H groups in total. The lowest BCUT2D eigenvalue weighted by molar-refractivity contribution is -0.141. The Kier molecular flexibility index (Phi) is 6.61. The van der Waals surface area contributed by atoms with E-state index in [-0.39, 0.29) is 12.1 Å². The van der Waals surface area contributed by atoms with Gasteiger partial charge in [-0.3, -0.25) is 4.79 Å². The van der Waals surface area contributed by atoms with Gasteiger partial charge in [-0.25, -0.2) is 4.79 Å². The minimum atomic E-state index is -0.909. The summed E-state index contributed by atoms with van der Waals surface area (Å²) in [7, 11) is 0. The monoisotopic (exact) mass is 244 g/mol. The molecule has 0 radical (unpaired) electrons. The maximum absolute atomic E-state index is 11.5. The first-order valence-electron chi connectivity index (χ1n) is 6.02. The van der Waals surface area contributed by atoms with Gasteiger partial charge in [-0.15, -0.1) is 0 Å². The maximum Gasteiger partial charge on any atom is 0.315 e. The zero-order chi connectivity index (χ0) is 13.6. The molecule has 0 aliphatic heterocycles. The van der Waals surface area contributed by atoms with Crippen LogP contribution in [0.2, 0.25) is 0 Å². The van der Waals surface area contributed by atoms with Crippen LogP contribution in [0.25, 0.3) is 0 Å². The van der Waals surface area contributed by atoms with E-state index in [1.807, 2.05) is 0 Å². The third kappa shape index (κ3) is 6.14. The molecule has 0 saturated carbocycles. The molecule has 100 valence electrons. The predicted octanol–water partition coefficient (Wildman–Crippen LogP) is 1.69. The van der Waals surface area contributed by atoms with Gasteiger partial charge in [-0.05, 0) is 25.7 Å². The van der Waals surface area contributed by atoms with Gasteiger partial charge in [-0.1, -0.05) is 20.8 Å². The number of amides is 2. The fraction of sp³-hybridized carbons (Fsp3) is 0.833. The van der Waals surface area contributed by atoms with E-state index in [9.17, 15) is 9.59 Å². The van der Waals surface area contributed by atoms with Crippen molar-refractivity contribution in [3.63, 3.8) is 0 Å². The van der Waals surface area contributed by atoms with Crippen LogP contribution in [0.15, 0.2) is 0 Å². The average Bonchev–Trinajstić information content (AvgIpc) is 2.24. The standard InChI is InChI=1S/C12H24N2O3/c1-7(2)8(3)6-13-12(17)14-10(5)9(4)11(15)16/h7-10H,6H2,1-5H3,(H,15,16)(H2,13,14,17). The van der Waals surface area contributed by atoms with E-state index in [1.165, 1.54) is 0 Å². The second-order valence-electron chi connectivity index (χ2n) is 4.99. The number of aliphatic carboxylic acids is 1. The average molecular weight is 244 g/mol. The van der Waals surface area contributed by atoms with E-state index < -0.39 is 11.9 Å². The molecule has 0 aromatic rings. The van der Waals surface area contributed by atoms with Gasteiger partial charge >= 0.3 is 12.0 Å². The molecule has 17 heavy (non-hydrogen) atoms. The molecule has 5 heteroatoms. The van der Waals surface area contributed by atoms with Gasteiger partial charge in [0.1, 0.15) is 0 Å². The number of rotatable bonds is 6. The van der Waals surface area contributed by atoms with Crippen LogP contribution in [0.5, 0.6) is 0 Å². The normalized spacial score (nSPS) is 16.1. The fourth-order valence-electron chi connectivity index (χ4n) is 1.09. The Morgan fingerprint density at radius 1 is 1.12 bits per heavy atom. The molecule has 3 unspecified atom stereocenters. The summed E-state index contributed by atoms with van der Waals surface area (Å²) < 4.78 is 0. The smallest absolute Gasteiger partial charge is 0.315 e. The topological polar surface area (TPSA) is 78.4 Å². The van der Waals surface area contributed by atoms with Crippen LogP contribution in [-0.2, 0) is 4.79 Å². The molecule has 0 bridgehead atoms. The van der Waals surface area contributed by atoms with Gasteiger partial charge in [-0.2, -0.15) is 0 Å². The van der Waals surface area contributed by atoms with Gasteiger partial charge in [0.25, 0.3) is 0 Å². The van der Waals surface area contributed by atoms with Crippen LogP contribution in [0.4, 0.5) is 4.79 Å². The molecule has 2 amide bonds. The van der Waals surface area contributed by atoms with Crippen molar-refractivity contribution in [1.29, 1.82) is 0 Å². The molecular weight excluding hydrogens is 220 g/mol. The first-order valence-corrected chi connectivity index (χ1v) is 6.02. The lowest BCUT2D eigenvalue weighted by Crippen LogP contribution is -2.46. The number of nitrogens with one attached hydrogen (secondary N) is 2. The van der Waals surface area contributed by atoms with E-state index in [0.717, 1.165) is 0 Å². The molecule has 0 rings (SSSR count). The Morgan fingerprint density at radius 3 is 2.06 bits per heavy atom. The van der Waals surface area contributed by atoms with Crippen molar-refractivity contribution in [1.82, 2.24) is 10.6 Å². The molecule has 0 heterocycles. The van der Waals surface area contributed by atoms with E-state index in [1.54, 1.807) is 13.8 Å². The summed E-state index contributed by atoms with van der Waals surface area (Å²) >= 11 is 0. The Bertz CT molecular complexity index is 266. The lowest BCUT2D eigenvalue weighted by Gasteiger charge is -2.20. The maximum atomic E-state index is 11.5. The fourth-order valence-corrected chi connectivity index (χ4v) is 1.09. The van der Waals surface area contributed by atoms with Gasteiger partial charge in [0, 0.05) is 12.6 Å². The van der Waals surface area contributed by atoms with Gasteiger partial charge in [0.2, 0.25) is 0 Å². The van der Waals surface area contributed by atoms with E-state index >= 15 is 0 Å². The summed E-state index contributed by atoms with van der Waals surface area (Å²) in [6.45, 7) is 10.1. The highest BCUT2D eigenvalue weighted by molar-refractivity contribution is 5.76. The molecule has 0 aliphatic rings. The summed E-state index contributed by atoms with van der Waals surface area (Å²) in [5, 5.41) is 14.2. The van der Waals surface area contributed by atoms with E-state index in [4.69, 9.17) is 5.11 Å². The predicted molar refractivity (Wildman–Crippen MR) is 66.8 cm³/mol. The lowest BCUT2D eigenvalue weighted by atomic mass is 9.98. The van der Waals surface area contributed by atoms with Crippen molar-refractivity contribution in [2.24, 2.45) is 17.8 Å². The molecule has 0 aliphatic carbocycles.